The van der Waals surface area contributed by atoms with Crippen molar-refractivity contribution in [3.63, 3.8) is 0 Å². The summed E-state index contributed by atoms with van der Waals surface area (Å²) in [6.45, 7) is 11.6. The van der Waals surface area contributed by atoms with Crippen molar-refractivity contribution in [2.24, 2.45) is 5.92 Å². The number of hydrogen-bond acceptors (Lipinski definition) is 2. The topological polar surface area (TPSA) is 15.3 Å². The van der Waals surface area contributed by atoms with E-state index in [1.54, 1.807) is 0 Å². The van der Waals surface area contributed by atoms with Crippen LogP contribution in [0.1, 0.15) is 38.3 Å². The van der Waals surface area contributed by atoms with Crippen molar-refractivity contribution in [1.82, 2.24) is 10.2 Å². The highest BCUT2D eigenvalue weighted by atomic mass is 15.2. The third-order valence-electron chi connectivity index (χ3n) is 4.21. The normalized spacial score (nSPS) is 21.6. The zero-order valence-corrected chi connectivity index (χ0v) is 12.7. The Bertz CT molecular complexity index is 387. The summed E-state index contributed by atoms with van der Waals surface area (Å²) in [7, 11) is 0. The van der Waals surface area contributed by atoms with Gasteiger partial charge in [-0.05, 0) is 43.0 Å². The minimum Gasteiger partial charge on any atom is -0.312 e. The predicted molar refractivity (Wildman–Crippen MR) is 82.3 cm³/mol. The lowest BCUT2D eigenvalue weighted by atomic mass is 10.0. The molecule has 2 nitrogen and oxygen atoms in total. The molecule has 1 unspecified atom stereocenters. The van der Waals surface area contributed by atoms with Gasteiger partial charge in [0.05, 0.1) is 0 Å². The van der Waals surface area contributed by atoms with Crippen LogP contribution in [-0.2, 0) is 13.0 Å². The van der Waals surface area contributed by atoms with Crippen molar-refractivity contribution in [3.05, 3.63) is 35.4 Å². The van der Waals surface area contributed by atoms with E-state index in [0.29, 0.717) is 12.0 Å². The van der Waals surface area contributed by atoms with Gasteiger partial charge in [0.1, 0.15) is 0 Å². The highest BCUT2D eigenvalue weighted by Crippen LogP contribution is 2.15. The first-order valence-corrected chi connectivity index (χ1v) is 7.73. The van der Waals surface area contributed by atoms with Gasteiger partial charge in [0.2, 0.25) is 0 Å². The third-order valence-corrected chi connectivity index (χ3v) is 4.21. The molecule has 0 radical (unpaired) electrons. The molecule has 0 amide bonds. The Morgan fingerprint density at radius 1 is 1.26 bits per heavy atom. The first kappa shape index (κ1) is 14.5. The van der Waals surface area contributed by atoms with Crippen LogP contribution in [0.4, 0.5) is 0 Å². The molecule has 19 heavy (non-hydrogen) atoms. The Morgan fingerprint density at radius 2 is 2.00 bits per heavy atom. The number of nitrogens with one attached hydrogen (secondary N) is 1. The third kappa shape index (κ3) is 4.05. The zero-order valence-electron chi connectivity index (χ0n) is 12.7. The molecule has 1 atom stereocenters. The van der Waals surface area contributed by atoms with Gasteiger partial charge in [-0.15, -0.1) is 0 Å². The summed E-state index contributed by atoms with van der Waals surface area (Å²) in [5.74, 6) is 0.710. The van der Waals surface area contributed by atoms with Crippen molar-refractivity contribution in [2.75, 3.05) is 19.6 Å². The summed E-state index contributed by atoms with van der Waals surface area (Å²) in [6, 6.07) is 9.52. The summed E-state index contributed by atoms with van der Waals surface area (Å²) in [5.41, 5.74) is 3.01. The predicted octanol–water partition coefficient (Wildman–Crippen LogP) is 3.07. The van der Waals surface area contributed by atoms with E-state index < -0.39 is 0 Å². The fourth-order valence-electron chi connectivity index (χ4n) is 2.91. The van der Waals surface area contributed by atoms with Gasteiger partial charge in [-0.25, -0.2) is 0 Å². The van der Waals surface area contributed by atoms with Crippen LogP contribution >= 0.6 is 0 Å². The molecule has 0 aromatic heterocycles. The van der Waals surface area contributed by atoms with Crippen molar-refractivity contribution in [2.45, 2.75) is 46.2 Å². The van der Waals surface area contributed by atoms with Crippen LogP contribution in [0.5, 0.6) is 0 Å². The molecule has 0 bridgehead atoms. The average molecular weight is 260 g/mol. The first-order valence-electron chi connectivity index (χ1n) is 7.73. The van der Waals surface area contributed by atoms with E-state index in [2.05, 4.69) is 55.3 Å². The van der Waals surface area contributed by atoms with E-state index in [9.17, 15) is 0 Å². The molecule has 0 aliphatic carbocycles. The van der Waals surface area contributed by atoms with Crippen LogP contribution in [0.15, 0.2) is 24.3 Å². The molecule has 1 aromatic rings. The summed E-state index contributed by atoms with van der Waals surface area (Å²) in [6.07, 6.45) is 2.40. The van der Waals surface area contributed by atoms with Crippen LogP contribution < -0.4 is 5.32 Å². The standard InChI is InChI=1S/C17H28N2/c1-4-15-8-5-6-9-16(15)12-19-11-7-10-18-17(13-19)14(2)3/h5-6,8-9,14,17-18H,4,7,10-13H2,1-3H3. The fraction of sp³-hybridized carbons (Fsp3) is 0.647. The molecule has 1 aliphatic rings. The molecule has 1 heterocycles. The Kier molecular flexibility index (Phi) is 5.41. The second kappa shape index (κ2) is 7.06. The summed E-state index contributed by atoms with van der Waals surface area (Å²) >= 11 is 0. The zero-order chi connectivity index (χ0) is 13.7. The second-order valence-electron chi connectivity index (χ2n) is 6.02. The lowest BCUT2D eigenvalue weighted by Crippen LogP contribution is -2.41. The van der Waals surface area contributed by atoms with Gasteiger partial charge < -0.3 is 5.32 Å². The van der Waals surface area contributed by atoms with Gasteiger partial charge in [-0.2, -0.15) is 0 Å². The smallest absolute Gasteiger partial charge is 0.0237 e. The van der Waals surface area contributed by atoms with E-state index in [0.717, 1.165) is 19.5 Å². The number of aryl methyl sites for hydroxylation is 1. The lowest BCUT2D eigenvalue weighted by molar-refractivity contribution is 0.238. The molecule has 2 heteroatoms. The van der Waals surface area contributed by atoms with Crippen molar-refractivity contribution >= 4 is 0 Å². The van der Waals surface area contributed by atoms with Crippen molar-refractivity contribution < 1.29 is 0 Å². The average Bonchev–Trinajstić information content (AvgIpc) is 2.65. The van der Waals surface area contributed by atoms with Crippen LogP contribution in [0.25, 0.3) is 0 Å². The lowest BCUT2D eigenvalue weighted by Gasteiger charge is -2.27. The molecule has 1 aliphatic heterocycles. The van der Waals surface area contributed by atoms with Crippen molar-refractivity contribution in [3.8, 4) is 0 Å². The van der Waals surface area contributed by atoms with Crippen molar-refractivity contribution in [1.29, 1.82) is 0 Å². The number of rotatable bonds is 4. The molecular formula is C17H28N2. The van der Waals surface area contributed by atoms with Crippen LogP contribution in [-0.4, -0.2) is 30.6 Å². The molecule has 0 saturated carbocycles. The minimum absolute atomic E-state index is 0.635. The Balaban J connectivity index is 2.04. The van der Waals surface area contributed by atoms with E-state index >= 15 is 0 Å². The fourth-order valence-corrected chi connectivity index (χ4v) is 2.91. The summed E-state index contributed by atoms with van der Waals surface area (Å²) < 4.78 is 0. The van der Waals surface area contributed by atoms with Gasteiger partial charge in [0, 0.05) is 19.1 Å². The molecular weight excluding hydrogens is 232 g/mol. The Hall–Kier alpha value is -0.860. The molecule has 1 N–H and O–H groups in total. The maximum Gasteiger partial charge on any atom is 0.0237 e. The molecule has 1 fully saturated rings. The Morgan fingerprint density at radius 3 is 2.68 bits per heavy atom. The number of hydrogen-bond donors (Lipinski definition) is 1. The quantitative estimate of drug-likeness (QED) is 0.895. The van der Waals surface area contributed by atoms with Crippen LogP contribution in [0, 0.1) is 5.92 Å². The largest absolute Gasteiger partial charge is 0.312 e. The highest BCUT2D eigenvalue weighted by molar-refractivity contribution is 5.26. The second-order valence-corrected chi connectivity index (χ2v) is 6.02. The Labute approximate surface area is 118 Å². The van der Waals surface area contributed by atoms with Gasteiger partial charge in [-0.3, -0.25) is 4.90 Å². The minimum atomic E-state index is 0.635. The number of nitrogens with zero attached hydrogens (tertiary/aromatic N) is 1. The van der Waals surface area contributed by atoms with Crippen LogP contribution in [0.2, 0.25) is 0 Å². The molecule has 1 saturated heterocycles. The van der Waals surface area contributed by atoms with Gasteiger partial charge in [-0.1, -0.05) is 45.0 Å². The molecule has 106 valence electrons. The van der Waals surface area contributed by atoms with E-state index in [4.69, 9.17) is 0 Å². The molecule has 0 spiro atoms. The maximum absolute atomic E-state index is 3.68. The summed E-state index contributed by atoms with van der Waals surface area (Å²) in [5, 5.41) is 3.68. The van der Waals surface area contributed by atoms with Gasteiger partial charge >= 0.3 is 0 Å². The monoisotopic (exact) mass is 260 g/mol. The number of benzene rings is 1. The maximum atomic E-state index is 3.68. The van der Waals surface area contributed by atoms with E-state index in [-0.39, 0.29) is 0 Å². The van der Waals surface area contributed by atoms with Gasteiger partial charge in [0.25, 0.3) is 0 Å². The van der Waals surface area contributed by atoms with Crippen LogP contribution in [0.3, 0.4) is 0 Å². The highest BCUT2D eigenvalue weighted by Gasteiger charge is 2.20. The van der Waals surface area contributed by atoms with Gasteiger partial charge in [0.15, 0.2) is 0 Å². The van der Waals surface area contributed by atoms with E-state index in [1.165, 1.54) is 30.6 Å². The summed E-state index contributed by atoms with van der Waals surface area (Å²) in [4.78, 5) is 2.62. The molecule has 2 rings (SSSR count). The van der Waals surface area contributed by atoms with E-state index in [1.807, 2.05) is 0 Å². The molecule has 1 aromatic carbocycles. The SMILES string of the molecule is CCc1ccccc1CN1CCCNC(C(C)C)C1. The first-order chi connectivity index (χ1) is 9.20.